The molecule has 31 heavy (non-hydrogen) atoms. The molecule has 0 spiro atoms. The van der Waals surface area contributed by atoms with E-state index in [4.69, 9.17) is 11.0 Å². The Morgan fingerprint density at radius 2 is 1.29 bits per heavy atom. The third kappa shape index (κ3) is 20.9. The number of nitrogens with two attached hydrogens (primary N) is 1. The summed E-state index contributed by atoms with van der Waals surface area (Å²) in [5.74, 6) is -0.165. The van der Waals surface area contributed by atoms with Crippen molar-refractivity contribution in [3.8, 4) is 6.07 Å². The highest BCUT2D eigenvalue weighted by Gasteiger charge is 2.31. The van der Waals surface area contributed by atoms with Crippen LogP contribution >= 0.6 is 12.4 Å². The fraction of sp³-hybridized carbons (Fsp3) is 0.812. The maximum atomic E-state index is 11.7. The van der Waals surface area contributed by atoms with Gasteiger partial charge in [0.15, 0.2) is 13.2 Å². The summed E-state index contributed by atoms with van der Waals surface area (Å²) in [5.41, 5.74) is 5.31. The van der Waals surface area contributed by atoms with E-state index in [0.29, 0.717) is 0 Å². The molecule has 0 aliphatic carbocycles. The number of carbonyl (C=O) groups is 2. The average Bonchev–Trinajstić information content (AvgIpc) is 2.59. The third-order valence-electron chi connectivity index (χ3n) is 3.17. The molecule has 0 unspecified atom stereocenters. The van der Waals surface area contributed by atoms with Crippen molar-refractivity contribution in [2.24, 2.45) is 17.6 Å². The number of nitrogens with one attached hydrogen (secondary N) is 2. The van der Waals surface area contributed by atoms with Gasteiger partial charge in [-0.25, -0.2) is 9.59 Å². The molecule has 2 amide bonds. The van der Waals surface area contributed by atoms with Crippen LogP contribution in [0, 0.1) is 23.2 Å². The SMILES string of the molecule is CC(C)[C@@H](C#N)NC(=O)OCC(F)(F)F.CC(C)[C@@H](CN)NC(=O)OCC(F)(F)F.Cl. The minimum Gasteiger partial charge on any atom is -0.440 e. The Labute approximate surface area is 182 Å². The number of halogens is 7. The molecule has 0 bridgehead atoms. The number of hydrogen-bond acceptors (Lipinski definition) is 6. The van der Waals surface area contributed by atoms with Crippen molar-refractivity contribution in [2.75, 3.05) is 19.8 Å². The molecule has 0 aromatic carbocycles. The summed E-state index contributed by atoms with van der Waals surface area (Å²) in [7, 11) is 0. The highest BCUT2D eigenvalue weighted by Crippen LogP contribution is 2.15. The molecular formula is C16H27ClF6N4O4. The fourth-order valence-corrected chi connectivity index (χ4v) is 1.50. The second-order valence-electron chi connectivity index (χ2n) is 6.61. The smallest absolute Gasteiger partial charge is 0.422 e. The van der Waals surface area contributed by atoms with Crippen LogP contribution in [0.15, 0.2) is 0 Å². The molecule has 2 atom stereocenters. The van der Waals surface area contributed by atoms with E-state index in [9.17, 15) is 35.9 Å². The molecule has 0 saturated carbocycles. The number of nitrogens with zero attached hydrogens (tertiary/aromatic N) is 1. The number of hydrogen-bond donors (Lipinski definition) is 3. The van der Waals surface area contributed by atoms with E-state index < -0.39 is 43.8 Å². The molecule has 0 aliphatic rings. The Morgan fingerprint density at radius 1 is 0.903 bits per heavy atom. The van der Waals surface area contributed by atoms with Crippen molar-refractivity contribution < 1.29 is 45.4 Å². The zero-order chi connectivity index (χ0) is 24.1. The first-order chi connectivity index (χ1) is 13.5. The zero-order valence-corrected chi connectivity index (χ0v) is 18.1. The highest BCUT2D eigenvalue weighted by atomic mass is 35.5. The minimum atomic E-state index is -4.56. The van der Waals surface area contributed by atoms with Gasteiger partial charge in [0, 0.05) is 12.6 Å². The molecule has 0 rings (SSSR count). The Bertz CT molecular complexity index is 568. The number of amides is 2. The van der Waals surface area contributed by atoms with E-state index >= 15 is 0 Å². The van der Waals surface area contributed by atoms with Crippen molar-refractivity contribution in [2.45, 2.75) is 52.1 Å². The molecular weight excluding hydrogens is 462 g/mol. The standard InChI is InChI=1S/C8H15F3N2O2.C8H11F3N2O2.ClH/c2*1-5(2)6(3-12)13-7(14)15-4-8(9,10)11;/h5-6H,3-4,12H2,1-2H3,(H,13,14);5-6H,4H2,1-2H3,(H,13,14);1H/t2*6-;/m11./s1. The molecule has 0 heterocycles. The predicted octanol–water partition coefficient (Wildman–Crippen LogP) is 3.50. The van der Waals surface area contributed by atoms with Crippen LogP contribution in [-0.2, 0) is 9.47 Å². The van der Waals surface area contributed by atoms with Crippen LogP contribution in [-0.4, -0.2) is 56.4 Å². The van der Waals surface area contributed by atoms with Crippen molar-refractivity contribution in [1.29, 1.82) is 5.26 Å². The molecule has 0 radical (unpaired) electrons. The van der Waals surface area contributed by atoms with Gasteiger partial charge in [0.2, 0.25) is 0 Å². The van der Waals surface area contributed by atoms with Crippen molar-refractivity contribution in [3.05, 3.63) is 0 Å². The first-order valence-corrected chi connectivity index (χ1v) is 8.62. The van der Waals surface area contributed by atoms with Crippen molar-refractivity contribution in [3.63, 3.8) is 0 Å². The van der Waals surface area contributed by atoms with Gasteiger partial charge in [-0.2, -0.15) is 31.6 Å². The molecule has 8 nitrogen and oxygen atoms in total. The molecule has 0 aromatic rings. The molecule has 0 aromatic heterocycles. The van der Waals surface area contributed by atoms with Crippen LogP contribution in [0.25, 0.3) is 0 Å². The molecule has 184 valence electrons. The third-order valence-corrected chi connectivity index (χ3v) is 3.17. The van der Waals surface area contributed by atoms with Gasteiger partial charge in [-0.1, -0.05) is 27.7 Å². The van der Waals surface area contributed by atoms with Crippen molar-refractivity contribution >= 4 is 24.6 Å². The first-order valence-electron chi connectivity index (χ1n) is 8.62. The lowest BCUT2D eigenvalue weighted by molar-refractivity contribution is -0.160. The number of alkyl halides is 6. The lowest BCUT2D eigenvalue weighted by Gasteiger charge is -2.20. The summed E-state index contributed by atoms with van der Waals surface area (Å²) in [4.78, 5) is 21.7. The van der Waals surface area contributed by atoms with Crippen LogP contribution in [0.4, 0.5) is 35.9 Å². The topological polar surface area (TPSA) is 126 Å². The Kier molecular flexibility index (Phi) is 16.9. The summed E-state index contributed by atoms with van der Waals surface area (Å²) < 4.78 is 77.7. The van der Waals surface area contributed by atoms with E-state index in [1.165, 1.54) is 0 Å². The quantitative estimate of drug-likeness (QED) is 0.471. The number of nitriles is 1. The van der Waals surface area contributed by atoms with Gasteiger partial charge in [0.25, 0.3) is 0 Å². The predicted molar refractivity (Wildman–Crippen MR) is 100 cm³/mol. The number of carbonyl (C=O) groups excluding carboxylic acids is 2. The van der Waals surface area contributed by atoms with Crippen LogP contribution in [0.1, 0.15) is 27.7 Å². The van der Waals surface area contributed by atoms with Gasteiger partial charge in [-0.05, 0) is 11.8 Å². The van der Waals surface area contributed by atoms with E-state index in [1.807, 2.05) is 5.32 Å². The molecule has 4 N–H and O–H groups in total. The molecule has 15 heteroatoms. The van der Waals surface area contributed by atoms with Crippen LogP contribution in [0.3, 0.4) is 0 Å². The highest BCUT2D eigenvalue weighted by molar-refractivity contribution is 5.85. The van der Waals surface area contributed by atoms with Gasteiger partial charge >= 0.3 is 24.5 Å². The molecule has 0 aliphatic heterocycles. The summed E-state index contributed by atoms with van der Waals surface area (Å²) in [6.45, 7) is 3.79. The second kappa shape index (κ2) is 15.6. The summed E-state index contributed by atoms with van der Waals surface area (Å²) in [5, 5.41) is 12.8. The molecule has 0 fully saturated rings. The van der Waals surface area contributed by atoms with Crippen molar-refractivity contribution in [1.82, 2.24) is 10.6 Å². The summed E-state index contributed by atoms with van der Waals surface area (Å²) in [6, 6.07) is 0.497. The van der Waals surface area contributed by atoms with Gasteiger partial charge in [0.1, 0.15) is 6.04 Å². The lowest BCUT2D eigenvalue weighted by Crippen LogP contribution is -2.44. The maximum absolute atomic E-state index is 11.7. The van der Waals surface area contributed by atoms with Gasteiger partial charge in [0.05, 0.1) is 6.07 Å². The van der Waals surface area contributed by atoms with Gasteiger partial charge in [-0.3, -0.25) is 0 Å². The summed E-state index contributed by atoms with van der Waals surface area (Å²) in [6.07, 6.45) is -11.4. The monoisotopic (exact) mass is 488 g/mol. The Balaban J connectivity index is -0.000000490. The Hall–Kier alpha value is -2.14. The summed E-state index contributed by atoms with van der Waals surface area (Å²) >= 11 is 0. The van der Waals surface area contributed by atoms with Crippen LogP contribution in [0.2, 0.25) is 0 Å². The van der Waals surface area contributed by atoms with Crippen LogP contribution in [0.5, 0.6) is 0 Å². The normalized spacial score (nSPS) is 13.0. The largest absolute Gasteiger partial charge is 0.440 e. The zero-order valence-electron chi connectivity index (χ0n) is 17.3. The maximum Gasteiger partial charge on any atom is 0.422 e. The van der Waals surface area contributed by atoms with E-state index in [1.54, 1.807) is 33.8 Å². The van der Waals surface area contributed by atoms with E-state index in [0.717, 1.165) is 0 Å². The molecule has 0 saturated heterocycles. The lowest BCUT2D eigenvalue weighted by atomic mass is 10.1. The second-order valence-corrected chi connectivity index (χ2v) is 6.61. The van der Waals surface area contributed by atoms with Gasteiger partial charge in [-0.15, -0.1) is 12.4 Å². The van der Waals surface area contributed by atoms with Gasteiger partial charge < -0.3 is 25.8 Å². The minimum absolute atomic E-state index is 0. The first kappa shape index (κ1) is 33.5. The number of rotatable bonds is 7. The Morgan fingerprint density at radius 3 is 1.55 bits per heavy atom. The fourth-order valence-electron chi connectivity index (χ4n) is 1.50. The van der Waals surface area contributed by atoms with E-state index in [2.05, 4.69) is 14.8 Å². The number of ether oxygens (including phenoxy) is 2. The number of alkyl carbamates (subject to hydrolysis) is 2. The van der Waals surface area contributed by atoms with E-state index in [-0.39, 0.29) is 36.8 Å². The average molecular weight is 489 g/mol. The van der Waals surface area contributed by atoms with Crippen LogP contribution < -0.4 is 16.4 Å².